The number of para-hydroxylation sites is 1. The van der Waals surface area contributed by atoms with Gasteiger partial charge in [-0.05, 0) is 36.2 Å². The van der Waals surface area contributed by atoms with Crippen molar-refractivity contribution in [1.82, 2.24) is 4.57 Å². The molecule has 1 N–H and O–H groups in total. The van der Waals surface area contributed by atoms with E-state index in [-0.39, 0.29) is 4.87 Å². The third-order valence-corrected chi connectivity index (χ3v) is 5.59. The molecule has 2 aromatic carbocycles. The van der Waals surface area contributed by atoms with Crippen LogP contribution in [0.25, 0.3) is 0 Å². The Kier molecular flexibility index (Phi) is 5.73. The van der Waals surface area contributed by atoms with E-state index in [0.29, 0.717) is 16.6 Å². The van der Waals surface area contributed by atoms with Crippen LogP contribution in [0.3, 0.4) is 0 Å². The zero-order chi connectivity index (χ0) is 17.8. The quantitative estimate of drug-likeness (QED) is 0.445. The molecule has 0 fully saturated rings. The van der Waals surface area contributed by atoms with E-state index in [1.165, 1.54) is 0 Å². The predicted octanol–water partition coefficient (Wildman–Crippen LogP) is 5.13. The first-order valence-corrected chi connectivity index (χ1v) is 9.51. The zero-order valence-electron chi connectivity index (χ0n) is 13.4. The molecule has 3 aromatic rings. The van der Waals surface area contributed by atoms with E-state index >= 15 is 0 Å². The Morgan fingerprint density at radius 3 is 2.68 bits per heavy atom. The predicted molar refractivity (Wildman–Crippen MR) is 109 cm³/mol. The standard InChI is InChI=1S/C18H15BrClN3OS/c1-12-4-2-3-5-15(12)22-21-10-16-17(20)23(18(24)25-16)11-13-6-8-14(19)9-7-13/h2-10,22H,11H2,1H3/b21-10+. The molecule has 0 amide bonds. The van der Waals surface area contributed by atoms with Crippen LogP contribution in [-0.4, -0.2) is 10.8 Å². The highest BCUT2D eigenvalue weighted by Crippen LogP contribution is 2.20. The van der Waals surface area contributed by atoms with Crippen LogP contribution in [0.5, 0.6) is 0 Å². The molecule has 128 valence electrons. The van der Waals surface area contributed by atoms with Crippen molar-refractivity contribution in [3.05, 3.63) is 83.8 Å². The third kappa shape index (κ3) is 4.39. The molecule has 0 unspecified atom stereocenters. The zero-order valence-corrected chi connectivity index (χ0v) is 16.5. The number of hydrogen-bond donors (Lipinski definition) is 1. The lowest BCUT2D eigenvalue weighted by Crippen LogP contribution is -2.13. The summed E-state index contributed by atoms with van der Waals surface area (Å²) in [6.07, 6.45) is 1.58. The van der Waals surface area contributed by atoms with E-state index < -0.39 is 0 Å². The Morgan fingerprint density at radius 2 is 1.96 bits per heavy atom. The molecule has 0 spiro atoms. The minimum atomic E-state index is -0.106. The molecule has 0 radical (unpaired) electrons. The number of nitrogens with one attached hydrogen (secondary N) is 1. The number of aromatic nitrogens is 1. The number of rotatable bonds is 5. The Hall–Kier alpha value is -1.89. The van der Waals surface area contributed by atoms with Gasteiger partial charge in [0.05, 0.1) is 23.3 Å². The summed E-state index contributed by atoms with van der Waals surface area (Å²) in [6.45, 7) is 2.43. The highest BCUT2D eigenvalue weighted by Gasteiger charge is 2.12. The van der Waals surface area contributed by atoms with Gasteiger partial charge in [-0.25, -0.2) is 0 Å². The molecule has 0 saturated heterocycles. The molecule has 0 aliphatic rings. The van der Waals surface area contributed by atoms with Crippen LogP contribution in [0.1, 0.15) is 16.0 Å². The topological polar surface area (TPSA) is 46.4 Å². The minimum Gasteiger partial charge on any atom is -0.284 e. The highest BCUT2D eigenvalue weighted by molar-refractivity contribution is 9.10. The summed E-state index contributed by atoms with van der Waals surface area (Å²) in [4.78, 5) is 12.7. The molecule has 7 heteroatoms. The molecular weight excluding hydrogens is 422 g/mol. The van der Waals surface area contributed by atoms with Crippen LogP contribution in [0.15, 0.2) is 62.9 Å². The van der Waals surface area contributed by atoms with Gasteiger partial charge >= 0.3 is 4.87 Å². The normalized spacial score (nSPS) is 11.2. The largest absolute Gasteiger partial charge is 0.309 e. The van der Waals surface area contributed by atoms with Gasteiger partial charge in [-0.1, -0.05) is 69.2 Å². The van der Waals surface area contributed by atoms with Gasteiger partial charge in [-0.15, -0.1) is 0 Å². The van der Waals surface area contributed by atoms with Crippen molar-refractivity contribution in [1.29, 1.82) is 0 Å². The number of aryl methyl sites for hydroxylation is 1. The molecule has 0 aliphatic heterocycles. The monoisotopic (exact) mass is 435 g/mol. The number of hydrogen-bond acceptors (Lipinski definition) is 4. The molecule has 1 heterocycles. The molecule has 0 atom stereocenters. The van der Waals surface area contributed by atoms with Crippen LogP contribution in [0, 0.1) is 6.92 Å². The fourth-order valence-corrected chi connectivity index (χ4v) is 3.62. The van der Waals surface area contributed by atoms with Gasteiger partial charge < -0.3 is 0 Å². The molecular formula is C18H15BrClN3OS. The van der Waals surface area contributed by atoms with Crippen LogP contribution < -0.4 is 10.3 Å². The number of anilines is 1. The highest BCUT2D eigenvalue weighted by atomic mass is 79.9. The molecule has 0 aliphatic carbocycles. The van der Waals surface area contributed by atoms with Crippen molar-refractivity contribution in [3.63, 3.8) is 0 Å². The first-order chi connectivity index (χ1) is 12.0. The fraction of sp³-hybridized carbons (Fsp3) is 0.111. The van der Waals surface area contributed by atoms with Gasteiger partial charge in [0, 0.05) is 4.47 Å². The average Bonchev–Trinajstić information content (AvgIpc) is 2.86. The Bertz CT molecular complexity index is 963. The van der Waals surface area contributed by atoms with Gasteiger partial charge in [-0.2, -0.15) is 5.10 Å². The van der Waals surface area contributed by atoms with E-state index in [1.807, 2.05) is 55.5 Å². The Balaban J connectivity index is 1.77. The van der Waals surface area contributed by atoms with E-state index in [9.17, 15) is 4.79 Å². The maximum absolute atomic E-state index is 12.2. The summed E-state index contributed by atoms with van der Waals surface area (Å²) in [5.74, 6) is 0. The summed E-state index contributed by atoms with van der Waals surface area (Å²) in [5, 5.41) is 4.60. The smallest absolute Gasteiger partial charge is 0.284 e. The maximum Gasteiger partial charge on any atom is 0.309 e. The van der Waals surface area contributed by atoms with Gasteiger partial charge in [0.2, 0.25) is 0 Å². The average molecular weight is 437 g/mol. The second kappa shape index (κ2) is 7.99. The molecule has 25 heavy (non-hydrogen) atoms. The summed E-state index contributed by atoms with van der Waals surface area (Å²) >= 11 is 10.8. The number of halogens is 2. The fourth-order valence-electron chi connectivity index (χ4n) is 2.25. The van der Waals surface area contributed by atoms with Gasteiger partial charge in [0.25, 0.3) is 0 Å². The van der Waals surface area contributed by atoms with Crippen LogP contribution in [0.2, 0.25) is 5.15 Å². The summed E-state index contributed by atoms with van der Waals surface area (Å²) < 4.78 is 2.54. The molecule has 0 saturated carbocycles. The number of thiazole rings is 1. The van der Waals surface area contributed by atoms with Gasteiger partial charge in [0.15, 0.2) is 0 Å². The molecule has 4 nitrogen and oxygen atoms in total. The summed E-state index contributed by atoms with van der Waals surface area (Å²) in [7, 11) is 0. The Morgan fingerprint density at radius 1 is 1.24 bits per heavy atom. The lowest BCUT2D eigenvalue weighted by atomic mass is 10.2. The number of benzene rings is 2. The summed E-state index contributed by atoms with van der Waals surface area (Å²) in [5.41, 5.74) is 5.98. The van der Waals surface area contributed by atoms with Gasteiger partial charge in [-0.3, -0.25) is 14.8 Å². The van der Waals surface area contributed by atoms with E-state index in [2.05, 4.69) is 26.5 Å². The van der Waals surface area contributed by atoms with E-state index in [0.717, 1.165) is 32.6 Å². The Labute approximate surface area is 162 Å². The van der Waals surface area contributed by atoms with Crippen molar-refractivity contribution in [2.45, 2.75) is 13.5 Å². The summed E-state index contributed by atoms with van der Waals surface area (Å²) in [6, 6.07) is 15.6. The minimum absolute atomic E-state index is 0.106. The molecule has 3 rings (SSSR count). The van der Waals surface area contributed by atoms with Crippen molar-refractivity contribution in [3.8, 4) is 0 Å². The van der Waals surface area contributed by atoms with Crippen LogP contribution >= 0.6 is 38.9 Å². The van der Waals surface area contributed by atoms with E-state index in [4.69, 9.17) is 11.6 Å². The van der Waals surface area contributed by atoms with Crippen molar-refractivity contribution in [2.24, 2.45) is 5.10 Å². The SMILES string of the molecule is Cc1ccccc1N/N=C/c1sc(=O)n(Cc2ccc(Br)cc2)c1Cl. The number of nitrogens with zero attached hydrogens (tertiary/aromatic N) is 2. The van der Waals surface area contributed by atoms with E-state index in [1.54, 1.807) is 10.8 Å². The number of hydrazone groups is 1. The molecule has 0 bridgehead atoms. The first kappa shape index (κ1) is 17.9. The van der Waals surface area contributed by atoms with Crippen molar-refractivity contribution in [2.75, 3.05) is 5.43 Å². The van der Waals surface area contributed by atoms with Crippen LogP contribution in [0.4, 0.5) is 5.69 Å². The maximum atomic E-state index is 12.2. The van der Waals surface area contributed by atoms with Crippen LogP contribution in [-0.2, 0) is 6.54 Å². The lowest BCUT2D eigenvalue weighted by molar-refractivity contribution is 0.784. The van der Waals surface area contributed by atoms with Crippen molar-refractivity contribution < 1.29 is 0 Å². The second-order valence-electron chi connectivity index (χ2n) is 5.42. The third-order valence-electron chi connectivity index (χ3n) is 3.62. The first-order valence-electron chi connectivity index (χ1n) is 7.53. The lowest BCUT2D eigenvalue weighted by Gasteiger charge is -2.04. The molecule has 1 aromatic heterocycles. The van der Waals surface area contributed by atoms with Crippen molar-refractivity contribution >= 4 is 50.8 Å². The second-order valence-corrected chi connectivity index (χ2v) is 7.69. The van der Waals surface area contributed by atoms with Gasteiger partial charge in [0.1, 0.15) is 5.15 Å².